The molecule has 0 aliphatic heterocycles. The van der Waals surface area contributed by atoms with Gasteiger partial charge in [-0.2, -0.15) is 5.10 Å². The highest BCUT2D eigenvalue weighted by Crippen LogP contribution is 2.28. The molecular weight excluding hydrogens is 212 g/mol. The zero-order valence-corrected chi connectivity index (χ0v) is 9.59. The molecule has 0 unspecified atom stereocenters. The van der Waals surface area contributed by atoms with Gasteiger partial charge < -0.3 is 9.97 Å². The third-order valence-corrected chi connectivity index (χ3v) is 3.02. The molecule has 0 radical (unpaired) electrons. The molecule has 86 valence electrons. The molecule has 17 heavy (non-hydrogen) atoms. The molecule has 0 aliphatic rings. The second kappa shape index (κ2) is 3.97. The van der Waals surface area contributed by atoms with Crippen LogP contribution in [0.25, 0.3) is 0 Å². The Hall–Kier alpha value is -2.23. The Kier molecular flexibility index (Phi) is 2.33. The van der Waals surface area contributed by atoms with E-state index < -0.39 is 0 Å². The van der Waals surface area contributed by atoms with Crippen LogP contribution in [0.1, 0.15) is 23.0 Å². The molecule has 0 aliphatic carbocycles. The summed E-state index contributed by atoms with van der Waals surface area (Å²) in [5.74, 6) is 0.174. The van der Waals surface area contributed by atoms with E-state index in [0.29, 0.717) is 0 Å². The minimum absolute atomic E-state index is 0.174. The van der Waals surface area contributed by atoms with Crippen LogP contribution in [0.4, 0.5) is 0 Å². The number of aromatic amines is 2. The van der Waals surface area contributed by atoms with Crippen molar-refractivity contribution in [1.82, 2.24) is 19.7 Å². The number of aryl methyl sites for hydroxylation is 1. The minimum Gasteiger partial charge on any atom is -0.364 e. The number of rotatable bonds is 3. The Bertz CT molecular complexity index is 541. The molecule has 0 fully saturated rings. The van der Waals surface area contributed by atoms with Gasteiger partial charge in [0.25, 0.3) is 0 Å². The van der Waals surface area contributed by atoms with Gasteiger partial charge in [0.2, 0.25) is 0 Å². The first-order chi connectivity index (χ1) is 8.36. The summed E-state index contributed by atoms with van der Waals surface area (Å²) in [6.07, 6.45) is 5.72. The van der Waals surface area contributed by atoms with Gasteiger partial charge in [-0.25, -0.2) is 0 Å². The van der Waals surface area contributed by atoms with Crippen molar-refractivity contribution in [3.63, 3.8) is 0 Å². The third kappa shape index (κ3) is 1.67. The highest BCUT2D eigenvalue weighted by Gasteiger charge is 2.20. The van der Waals surface area contributed by atoms with Crippen molar-refractivity contribution in [2.45, 2.75) is 5.92 Å². The van der Waals surface area contributed by atoms with Gasteiger partial charge in [0.05, 0.1) is 11.6 Å². The van der Waals surface area contributed by atoms with Crippen LogP contribution >= 0.6 is 0 Å². The number of aromatic nitrogens is 4. The van der Waals surface area contributed by atoms with E-state index in [-0.39, 0.29) is 5.92 Å². The maximum atomic E-state index is 4.25. The average Bonchev–Trinajstić information content (AvgIpc) is 3.04. The van der Waals surface area contributed by atoms with E-state index >= 15 is 0 Å². The average molecular weight is 226 g/mol. The molecule has 0 bridgehead atoms. The lowest BCUT2D eigenvalue weighted by atomic mass is 9.98. The summed E-state index contributed by atoms with van der Waals surface area (Å²) in [6.45, 7) is 0. The van der Waals surface area contributed by atoms with Gasteiger partial charge >= 0.3 is 0 Å². The summed E-state index contributed by atoms with van der Waals surface area (Å²) in [6, 6.07) is 10.3. The SMILES string of the molecule is Cn1nccc1C(c1ccc[nH]1)c1ccc[nH]1. The molecule has 3 heterocycles. The van der Waals surface area contributed by atoms with E-state index in [1.165, 1.54) is 0 Å². The first-order valence-electron chi connectivity index (χ1n) is 5.61. The minimum atomic E-state index is 0.174. The molecule has 0 amide bonds. The zero-order valence-electron chi connectivity index (χ0n) is 9.59. The lowest BCUT2D eigenvalue weighted by molar-refractivity contribution is 0.687. The largest absolute Gasteiger partial charge is 0.364 e. The molecule has 3 aromatic rings. The predicted molar refractivity (Wildman–Crippen MR) is 65.7 cm³/mol. The Morgan fingerprint density at radius 1 is 1.06 bits per heavy atom. The second-order valence-electron chi connectivity index (χ2n) is 4.06. The predicted octanol–water partition coefficient (Wildman–Crippen LogP) is 2.26. The van der Waals surface area contributed by atoms with Gasteiger partial charge in [0.15, 0.2) is 0 Å². The fraction of sp³-hybridized carbons (Fsp3) is 0.154. The van der Waals surface area contributed by atoms with Crippen molar-refractivity contribution in [3.05, 3.63) is 66.0 Å². The molecule has 0 spiro atoms. The topological polar surface area (TPSA) is 49.4 Å². The fourth-order valence-electron chi connectivity index (χ4n) is 2.20. The lowest BCUT2D eigenvalue weighted by Crippen LogP contribution is -2.09. The lowest BCUT2D eigenvalue weighted by Gasteiger charge is -2.15. The van der Waals surface area contributed by atoms with E-state index in [9.17, 15) is 0 Å². The van der Waals surface area contributed by atoms with Crippen LogP contribution in [0.2, 0.25) is 0 Å². The van der Waals surface area contributed by atoms with Crippen molar-refractivity contribution < 1.29 is 0 Å². The van der Waals surface area contributed by atoms with Crippen LogP contribution < -0.4 is 0 Å². The van der Waals surface area contributed by atoms with Gasteiger partial charge in [-0.05, 0) is 30.3 Å². The molecule has 3 aromatic heterocycles. The summed E-state index contributed by atoms with van der Waals surface area (Å²) in [5, 5.41) is 4.25. The monoisotopic (exact) mass is 226 g/mol. The van der Waals surface area contributed by atoms with E-state index in [1.807, 2.05) is 48.5 Å². The third-order valence-electron chi connectivity index (χ3n) is 3.02. The normalized spacial score (nSPS) is 11.2. The van der Waals surface area contributed by atoms with Crippen LogP contribution in [-0.4, -0.2) is 19.7 Å². The number of H-pyrrole nitrogens is 2. The first-order valence-corrected chi connectivity index (χ1v) is 5.61. The van der Waals surface area contributed by atoms with Crippen molar-refractivity contribution in [2.24, 2.45) is 7.05 Å². The van der Waals surface area contributed by atoms with Gasteiger partial charge in [0.1, 0.15) is 0 Å². The highest BCUT2D eigenvalue weighted by molar-refractivity contribution is 5.33. The van der Waals surface area contributed by atoms with Gasteiger partial charge in [0, 0.05) is 37.0 Å². The summed E-state index contributed by atoms with van der Waals surface area (Å²) in [4.78, 5) is 6.56. The number of hydrogen-bond acceptors (Lipinski definition) is 1. The second-order valence-corrected chi connectivity index (χ2v) is 4.06. The summed E-state index contributed by atoms with van der Waals surface area (Å²) >= 11 is 0. The van der Waals surface area contributed by atoms with Gasteiger partial charge in [-0.1, -0.05) is 0 Å². The van der Waals surface area contributed by atoms with E-state index in [1.54, 1.807) is 0 Å². The van der Waals surface area contributed by atoms with Gasteiger partial charge in [-0.3, -0.25) is 4.68 Å². The molecule has 4 nitrogen and oxygen atoms in total. The molecule has 0 saturated heterocycles. The Morgan fingerprint density at radius 2 is 1.71 bits per heavy atom. The van der Waals surface area contributed by atoms with Crippen LogP contribution in [0.3, 0.4) is 0 Å². The Morgan fingerprint density at radius 3 is 2.12 bits per heavy atom. The number of hydrogen-bond donors (Lipinski definition) is 2. The number of nitrogens with zero attached hydrogens (tertiary/aromatic N) is 2. The molecule has 0 saturated carbocycles. The van der Waals surface area contributed by atoms with Crippen molar-refractivity contribution >= 4 is 0 Å². The van der Waals surface area contributed by atoms with Crippen LogP contribution in [0.15, 0.2) is 48.9 Å². The van der Waals surface area contributed by atoms with Crippen LogP contribution in [0, 0.1) is 0 Å². The quantitative estimate of drug-likeness (QED) is 0.707. The number of nitrogens with one attached hydrogen (secondary N) is 2. The molecule has 0 aromatic carbocycles. The van der Waals surface area contributed by atoms with Crippen LogP contribution in [-0.2, 0) is 7.05 Å². The smallest absolute Gasteiger partial charge is 0.0810 e. The Balaban J connectivity index is 2.13. The van der Waals surface area contributed by atoms with Crippen molar-refractivity contribution in [2.75, 3.05) is 0 Å². The zero-order chi connectivity index (χ0) is 11.7. The van der Waals surface area contributed by atoms with Crippen LogP contribution in [0.5, 0.6) is 0 Å². The standard InChI is InChI=1S/C13H14N4/c1-17-12(6-9-16-17)13(10-4-2-7-14-10)11-5-3-8-15-11/h2-9,13-15H,1H3. The maximum Gasteiger partial charge on any atom is 0.0810 e. The molecule has 3 rings (SSSR count). The first kappa shape index (κ1) is 9.96. The van der Waals surface area contributed by atoms with E-state index in [4.69, 9.17) is 0 Å². The highest BCUT2D eigenvalue weighted by atomic mass is 15.3. The summed E-state index contributed by atoms with van der Waals surface area (Å²) < 4.78 is 1.91. The molecule has 0 atom stereocenters. The van der Waals surface area contributed by atoms with Crippen molar-refractivity contribution in [3.8, 4) is 0 Å². The molecule has 2 N–H and O–H groups in total. The maximum absolute atomic E-state index is 4.25. The molecular formula is C13H14N4. The Labute approximate surface area is 99.3 Å². The molecule has 4 heteroatoms. The van der Waals surface area contributed by atoms with E-state index in [2.05, 4.69) is 27.2 Å². The van der Waals surface area contributed by atoms with E-state index in [0.717, 1.165) is 17.1 Å². The van der Waals surface area contributed by atoms with Crippen molar-refractivity contribution in [1.29, 1.82) is 0 Å². The fourth-order valence-corrected chi connectivity index (χ4v) is 2.20. The summed E-state index contributed by atoms with van der Waals surface area (Å²) in [5.41, 5.74) is 3.49. The summed E-state index contributed by atoms with van der Waals surface area (Å²) in [7, 11) is 1.97. The van der Waals surface area contributed by atoms with Gasteiger partial charge in [-0.15, -0.1) is 0 Å².